The van der Waals surface area contributed by atoms with Crippen LogP contribution in [-0.2, 0) is 4.74 Å². The van der Waals surface area contributed by atoms with E-state index < -0.39 is 4.92 Å². The Bertz CT molecular complexity index is 967. The highest BCUT2D eigenvalue weighted by Crippen LogP contribution is 2.27. The number of non-ortho nitro benzene ring substituents is 1. The number of ether oxygens (including phenoxy) is 1. The van der Waals surface area contributed by atoms with Crippen LogP contribution in [0.5, 0.6) is 0 Å². The van der Waals surface area contributed by atoms with E-state index in [-0.39, 0.29) is 17.7 Å². The van der Waals surface area contributed by atoms with E-state index in [4.69, 9.17) is 4.74 Å². The maximum Gasteiger partial charge on any atom is 0.293 e. The number of carbonyl (C=O) groups is 1. The molecule has 132 valence electrons. The minimum Gasteiger partial charge on any atom is -0.370 e. The lowest BCUT2D eigenvalue weighted by atomic mass is 10.1. The molecular formula is C19H17N3O4. The molecule has 1 saturated heterocycles. The molecule has 1 aromatic heterocycles. The van der Waals surface area contributed by atoms with E-state index in [1.807, 2.05) is 30.3 Å². The molecule has 1 atom stereocenters. The molecular weight excluding hydrogens is 334 g/mol. The van der Waals surface area contributed by atoms with Gasteiger partial charge in [-0.3, -0.25) is 14.9 Å². The molecule has 3 aromatic rings. The lowest BCUT2D eigenvalue weighted by Crippen LogP contribution is -2.42. The van der Waals surface area contributed by atoms with Gasteiger partial charge in [-0.05, 0) is 11.6 Å². The molecule has 1 amide bonds. The van der Waals surface area contributed by atoms with Gasteiger partial charge in [-0.2, -0.15) is 0 Å². The molecule has 0 radical (unpaired) electrons. The number of morpholine rings is 1. The third-order valence-corrected chi connectivity index (χ3v) is 4.59. The van der Waals surface area contributed by atoms with Gasteiger partial charge in [0.25, 0.3) is 11.6 Å². The van der Waals surface area contributed by atoms with Gasteiger partial charge in [-0.1, -0.05) is 42.5 Å². The second kappa shape index (κ2) is 6.61. The number of nitro groups is 1. The Morgan fingerprint density at radius 2 is 2.00 bits per heavy atom. The van der Waals surface area contributed by atoms with Crippen LogP contribution in [0.3, 0.4) is 0 Å². The maximum absolute atomic E-state index is 12.9. The molecule has 26 heavy (non-hydrogen) atoms. The Balaban J connectivity index is 1.60. The molecule has 0 bridgehead atoms. The van der Waals surface area contributed by atoms with Gasteiger partial charge in [-0.25, -0.2) is 0 Å². The first-order valence-corrected chi connectivity index (χ1v) is 8.35. The van der Waals surface area contributed by atoms with E-state index in [9.17, 15) is 14.9 Å². The number of nitrogens with one attached hydrogen (secondary N) is 1. The molecule has 1 aliphatic rings. The Morgan fingerprint density at radius 1 is 1.19 bits per heavy atom. The quantitative estimate of drug-likeness (QED) is 0.579. The summed E-state index contributed by atoms with van der Waals surface area (Å²) in [6.45, 7) is 1.38. The van der Waals surface area contributed by atoms with Crippen LogP contribution in [0.15, 0.2) is 54.6 Å². The zero-order chi connectivity index (χ0) is 18.1. The SMILES string of the molecule is O=C(c1cc2cccc([N+](=O)[O-])c2[nH]1)N1CCO[C@@H](c2ccccc2)C1. The summed E-state index contributed by atoms with van der Waals surface area (Å²) >= 11 is 0. The second-order valence-electron chi connectivity index (χ2n) is 6.20. The number of nitro benzene ring substituents is 1. The number of hydrogen-bond donors (Lipinski definition) is 1. The number of H-pyrrole nitrogens is 1. The largest absolute Gasteiger partial charge is 0.370 e. The smallest absolute Gasteiger partial charge is 0.293 e. The molecule has 1 fully saturated rings. The van der Waals surface area contributed by atoms with Gasteiger partial charge in [0.2, 0.25) is 0 Å². The van der Waals surface area contributed by atoms with Crippen molar-refractivity contribution >= 4 is 22.5 Å². The standard InChI is InChI=1S/C19H17N3O4/c23-19(15-11-14-7-4-8-16(22(24)25)18(14)20-15)21-9-10-26-17(12-21)13-5-2-1-3-6-13/h1-8,11,17,20H,9-10,12H2/t17-/m1/s1. The van der Waals surface area contributed by atoms with Crippen LogP contribution >= 0.6 is 0 Å². The minimum atomic E-state index is -0.451. The van der Waals surface area contributed by atoms with Crippen molar-refractivity contribution in [3.8, 4) is 0 Å². The number of benzene rings is 2. The number of amides is 1. The highest BCUT2D eigenvalue weighted by Gasteiger charge is 2.27. The number of aromatic nitrogens is 1. The van der Waals surface area contributed by atoms with Crippen LogP contribution in [0.25, 0.3) is 10.9 Å². The van der Waals surface area contributed by atoms with Crippen molar-refractivity contribution in [2.75, 3.05) is 19.7 Å². The van der Waals surface area contributed by atoms with E-state index in [1.54, 1.807) is 23.1 Å². The fourth-order valence-electron chi connectivity index (χ4n) is 3.28. The Kier molecular flexibility index (Phi) is 4.14. The molecule has 1 aliphatic heterocycles. The van der Waals surface area contributed by atoms with Crippen LogP contribution in [0, 0.1) is 10.1 Å². The molecule has 0 spiro atoms. The zero-order valence-corrected chi connectivity index (χ0v) is 13.9. The highest BCUT2D eigenvalue weighted by atomic mass is 16.6. The van der Waals surface area contributed by atoms with E-state index in [0.717, 1.165) is 5.56 Å². The van der Waals surface area contributed by atoms with Crippen LogP contribution < -0.4 is 0 Å². The average Bonchev–Trinajstić information content (AvgIpc) is 3.12. The van der Waals surface area contributed by atoms with E-state index in [2.05, 4.69) is 4.98 Å². The number of nitrogens with zero attached hydrogens (tertiary/aromatic N) is 2. The van der Waals surface area contributed by atoms with Gasteiger partial charge >= 0.3 is 0 Å². The molecule has 0 unspecified atom stereocenters. The fraction of sp³-hybridized carbons (Fsp3) is 0.211. The third kappa shape index (κ3) is 2.93. The Hall–Kier alpha value is -3.19. The average molecular weight is 351 g/mol. The van der Waals surface area contributed by atoms with E-state index in [0.29, 0.717) is 36.3 Å². The predicted molar refractivity (Wildman–Crippen MR) is 96.0 cm³/mol. The van der Waals surface area contributed by atoms with Crippen molar-refractivity contribution in [1.29, 1.82) is 0 Å². The molecule has 2 heterocycles. The van der Waals surface area contributed by atoms with Gasteiger partial charge in [0.1, 0.15) is 17.3 Å². The van der Waals surface area contributed by atoms with Crippen molar-refractivity contribution in [3.05, 3.63) is 76.0 Å². The summed E-state index contributed by atoms with van der Waals surface area (Å²) in [5, 5.41) is 11.8. The third-order valence-electron chi connectivity index (χ3n) is 4.59. The van der Waals surface area contributed by atoms with Crippen molar-refractivity contribution in [2.24, 2.45) is 0 Å². The molecule has 1 N–H and O–H groups in total. The second-order valence-corrected chi connectivity index (χ2v) is 6.20. The summed E-state index contributed by atoms with van der Waals surface area (Å²) < 4.78 is 5.80. The first kappa shape index (κ1) is 16.3. The van der Waals surface area contributed by atoms with E-state index in [1.165, 1.54) is 6.07 Å². The first-order valence-electron chi connectivity index (χ1n) is 8.35. The first-order chi connectivity index (χ1) is 12.6. The molecule has 4 rings (SSSR count). The summed E-state index contributed by atoms with van der Waals surface area (Å²) in [5.74, 6) is -0.181. The van der Waals surface area contributed by atoms with Crippen LogP contribution in [0.4, 0.5) is 5.69 Å². The number of aromatic amines is 1. The van der Waals surface area contributed by atoms with Gasteiger partial charge < -0.3 is 14.6 Å². The lowest BCUT2D eigenvalue weighted by Gasteiger charge is -2.33. The van der Waals surface area contributed by atoms with E-state index >= 15 is 0 Å². The number of hydrogen-bond acceptors (Lipinski definition) is 4. The summed E-state index contributed by atoms with van der Waals surface area (Å²) in [5.41, 5.74) is 1.71. The number of carbonyl (C=O) groups excluding carboxylic acids is 1. The monoisotopic (exact) mass is 351 g/mol. The lowest BCUT2D eigenvalue weighted by molar-refractivity contribution is -0.383. The Morgan fingerprint density at radius 3 is 2.77 bits per heavy atom. The molecule has 2 aromatic carbocycles. The van der Waals surface area contributed by atoms with Crippen molar-refractivity contribution < 1.29 is 14.5 Å². The van der Waals surface area contributed by atoms with Gasteiger partial charge in [0.05, 0.1) is 18.1 Å². The summed E-state index contributed by atoms with van der Waals surface area (Å²) in [6.07, 6.45) is -0.174. The topological polar surface area (TPSA) is 88.5 Å². The Labute approximate surface area is 149 Å². The number of para-hydroxylation sites is 1. The molecule has 7 nitrogen and oxygen atoms in total. The van der Waals surface area contributed by atoms with Crippen molar-refractivity contribution in [2.45, 2.75) is 6.10 Å². The van der Waals surface area contributed by atoms with Gasteiger partial charge in [0, 0.05) is 18.0 Å². The summed E-state index contributed by atoms with van der Waals surface area (Å²) in [4.78, 5) is 28.3. The number of rotatable bonds is 3. The van der Waals surface area contributed by atoms with Crippen LogP contribution in [-0.4, -0.2) is 40.4 Å². The zero-order valence-electron chi connectivity index (χ0n) is 13.9. The van der Waals surface area contributed by atoms with Crippen LogP contribution in [0.2, 0.25) is 0 Å². The molecule has 0 saturated carbocycles. The fourth-order valence-corrected chi connectivity index (χ4v) is 3.28. The van der Waals surface area contributed by atoms with Crippen molar-refractivity contribution in [3.63, 3.8) is 0 Å². The summed E-state index contributed by atoms with van der Waals surface area (Å²) in [7, 11) is 0. The molecule has 7 heteroatoms. The maximum atomic E-state index is 12.9. The molecule has 0 aliphatic carbocycles. The van der Waals surface area contributed by atoms with Crippen molar-refractivity contribution in [1.82, 2.24) is 9.88 Å². The van der Waals surface area contributed by atoms with Gasteiger partial charge in [0.15, 0.2) is 0 Å². The summed E-state index contributed by atoms with van der Waals surface area (Å²) in [6, 6.07) is 16.2. The number of fused-ring (bicyclic) bond motifs is 1. The van der Waals surface area contributed by atoms with Gasteiger partial charge in [-0.15, -0.1) is 0 Å². The normalized spacial score (nSPS) is 17.4. The minimum absolute atomic E-state index is 0.0364. The van der Waals surface area contributed by atoms with Crippen LogP contribution in [0.1, 0.15) is 22.2 Å². The predicted octanol–water partition coefficient (Wildman–Crippen LogP) is 3.29. The highest BCUT2D eigenvalue weighted by molar-refractivity contribution is 6.00.